The topological polar surface area (TPSA) is 29.3 Å². The average Bonchev–Trinajstić information content (AvgIpc) is 2.78. The predicted octanol–water partition coefficient (Wildman–Crippen LogP) is 3.62. The van der Waals surface area contributed by atoms with Gasteiger partial charge >= 0.3 is 0 Å². The molecule has 94 valence electrons. The van der Waals surface area contributed by atoms with Crippen LogP contribution in [0.2, 0.25) is 0 Å². The van der Waals surface area contributed by atoms with Crippen LogP contribution in [-0.4, -0.2) is 10.8 Å². The second kappa shape index (κ2) is 4.98. The molecule has 0 saturated carbocycles. The van der Waals surface area contributed by atoms with Gasteiger partial charge in [0.05, 0.1) is 11.9 Å². The van der Waals surface area contributed by atoms with E-state index in [0.29, 0.717) is 0 Å². The maximum atomic E-state index is 4.29. The molecule has 0 saturated heterocycles. The number of hydrazone groups is 1. The summed E-state index contributed by atoms with van der Waals surface area (Å²) in [4.78, 5) is 0. The Morgan fingerprint density at radius 2 is 1.74 bits per heavy atom. The Kier molecular flexibility index (Phi) is 3.02. The number of benzene rings is 2. The lowest BCUT2D eigenvalue weighted by molar-refractivity contribution is 0.968. The smallest absolute Gasteiger partial charge is 0.0566 e. The Morgan fingerprint density at radius 3 is 2.58 bits per heavy atom. The van der Waals surface area contributed by atoms with Crippen molar-refractivity contribution in [1.29, 1.82) is 0 Å². The molecule has 0 atom stereocenters. The van der Waals surface area contributed by atoms with E-state index in [-0.39, 0.29) is 0 Å². The van der Waals surface area contributed by atoms with Gasteiger partial charge in [0.1, 0.15) is 0 Å². The zero-order valence-electron chi connectivity index (χ0n) is 10.7. The van der Waals surface area contributed by atoms with Crippen molar-refractivity contribution in [2.45, 2.75) is 0 Å². The van der Waals surface area contributed by atoms with Crippen molar-refractivity contribution >= 4 is 22.8 Å². The molecule has 0 amide bonds. The molecule has 19 heavy (non-hydrogen) atoms. The van der Waals surface area contributed by atoms with Crippen molar-refractivity contribution in [2.24, 2.45) is 12.1 Å². The molecule has 0 spiro atoms. The van der Waals surface area contributed by atoms with Gasteiger partial charge in [-0.1, -0.05) is 36.4 Å². The molecule has 3 aromatic rings. The van der Waals surface area contributed by atoms with E-state index in [0.717, 1.165) is 11.3 Å². The number of hydrogen-bond donors (Lipinski definition) is 1. The predicted molar refractivity (Wildman–Crippen MR) is 80.6 cm³/mol. The Balaban J connectivity index is 1.86. The molecule has 0 fully saturated rings. The zero-order valence-corrected chi connectivity index (χ0v) is 10.7. The first-order valence-electron chi connectivity index (χ1n) is 6.23. The number of hydrogen-bond acceptors (Lipinski definition) is 2. The first kappa shape index (κ1) is 11.5. The van der Waals surface area contributed by atoms with E-state index < -0.39 is 0 Å². The molecule has 2 aromatic carbocycles. The van der Waals surface area contributed by atoms with Gasteiger partial charge in [0.25, 0.3) is 0 Å². The third-order valence-corrected chi connectivity index (χ3v) is 3.10. The van der Waals surface area contributed by atoms with Crippen molar-refractivity contribution in [3.05, 3.63) is 66.4 Å². The Hall–Kier alpha value is -2.55. The number of aromatic nitrogens is 1. The van der Waals surface area contributed by atoms with Gasteiger partial charge in [0.2, 0.25) is 0 Å². The summed E-state index contributed by atoms with van der Waals surface area (Å²) in [6.45, 7) is 0. The molecule has 1 heterocycles. The molecular formula is C16H15N3. The highest BCUT2D eigenvalue weighted by molar-refractivity contribution is 5.99. The normalized spacial score (nSPS) is 11.2. The largest absolute Gasteiger partial charge is 0.350 e. The van der Waals surface area contributed by atoms with Crippen LogP contribution in [0.15, 0.2) is 65.9 Å². The summed E-state index contributed by atoms with van der Waals surface area (Å²) in [5.74, 6) is 0. The molecule has 0 aliphatic carbocycles. The first-order chi connectivity index (χ1) is 9.34. The summed E-state index contributed by atoms with van der Waals surface area (Å²) >= 11 is 0. The molecule has 1 aromatic heterocycles. The molecular weight excluding hydrogens is 234 g/mol. The zero-order chi connectivity index (χ0) is 13.1. The van der Waals surface area contributed by atoms with Gasteiger partial charge in [-0.25, -0.2) is 0 Å². The van der Waals surface area contributed by atoms with Gasteiger partial charge in [-0.15, -0.1) is 0 Å². The van der Waals surface area contributed by atoms with Gasteiger partial charge in [-0.2, -0.15) is 5.10 Å². The van der Waals surface area contributed by atoms with E-state index in [1.165, 1.54) is 10.9 Å². The van der Waals surface area contributed by atoms with Crippen molar-refractivity contribution in [3.63, 3.8) is 0 Å². The van der Waals surface area contributed by atoms with Crippen molar-refractivity contribution < 1.29 is 0 Å². The number of nitrogens with one attached hydrogen (secondary N) is 1. The second-order valence-electron chi connectivity index (χ2n) is 4.45. The highest BCUT2D eigenvalue weighted by Crippen LogP contribution is 2.18. The highest BCUT2D eigenvalue weighted by atomic mass is 15.3. The lowest BCUT2D eigenvalue weighted by Gasteiger charge is -1.97. The van der Waals surface area contributed by atoms with E-state index in [1.54, 1.807) is 0 Å². The van der Waals surface area contributed by atoms with Crippen LogP contribution in [-0.2, 0) is 7.05 Å². The van der Waals surface area contributed by atoms with Crippen LogP contribution in [0.5, 0.6) is 0 Å². The lowest BCUT2D eigenvalue weighted by Crippen LogP contribution is -1.89. The SMILES string of the molecule is Cn1cc(/C=N/Nc2ccccc2)c2ccccc21. The van der Waals surface area contributed by atoms with Crippen LogP contribution in [0.3, 0.4) is 0 Å². The summed E-state index contributed by atoms with van der Waals surface area (Å²) in [5, 5.41) is 5.50. The molecule has 0 radical (unpaired) electrons. The summed E-state index contributed by atoms with van der Waals surface area (Å²) < 4.78 is 2.11. The summed E-state index contributed by atoms with van der Waals surface area (Å²) in [7, 11) is 2.05. The number of anilines is 1. The van der Waals surface area contributed by atoms with E-state index in [4.69, 9.17) is 0 Å². The number of fused-ring (bicyclic) bond motifs is 1. The van der Waals surface area contributed by atoms with Gasteiger partial charge in [0, 0.05) is 29.7 Å². The van der Waals surface area contributed by atoms with Crippen LogP contribution in [0.25, 0.3) is 10.9 Å². The molecule has 3 nitrogen and oxygen atoms in total. The van der Waals surface area contributed by atoms with Gasteiger partial charge in [-0.3, -0.25) is 5.43 Å². The second-order valence-corrected chi connectivity index (χ2v) is 4.45. The molecule has 0 bridgehead atoms. The van der Waals surface area contributed by atoms with Gasteiger partial charge < -0.3 is 4.57 Å². The average molecular weight is 249 g/mol. The fourth-order valence-corrected chi connectivity index (χ4v) is 2.16. The fourth-order valence-electron chi connectivity index (χ4n) is 2.16. The minimum absolute atomic E-state index is 0.985. The third kappa shape index (κ3) is 2.36. The number of aryl methyl sites for hydroxylation is 1. The summed E-state index contributed by atoms with van der Waals surface area (Å²) in [5.41, 5.74) is 6.34. The van der Waals surface area contributed by atoms with Crippen molar-refractivity contribution in [3.8, 4) is 0 Å². The molecule has 3 heteroatoms. The van der Waals surface area contributed by atoms with Crippen LogP contribution in [0.1, 0.15) is 5.56 Å². The minimum Gasteiger partial charge on any atom is -0.350 e. The molecule has 0 aliphatic heterocycles. The van der Waals surface area contributed by atoms with Crippen LogP contribution in [0.4, 0.5) is 5.69 Å². The Bertz CT molecular complexity index is 711. The Labute approximate surface area is 112 Å². The van der Waals surface area contributed by atoms with Crippen molar-refractivity contribution in [1.82, 2.24) is 4.57 Å². The standard InChI is InChI=1S/C16H15N3/c1-19-12-13(15-9-5-6-10-16(15)19)11-17-18-14-7-3-2-4-8-14/h2-12,18H,1H3/b17-11+. The van der Waals surface area contributed by atoms with E-state index in [9.17, 15) is 0 Å². The number of para-hydroxylation sites is 2. The Morgan fingerprint density at radius 1 is 1.00 bits per heavy atom. The summed E-state index contributed by atoms with van der Waals surface area (Å²) in [6.07, 6.45) is 3.94. The first-order valence-corrected chi connectivity index (χ1v) is 6.23. The lowest BCUT2D eigenvalue weighted by atomic mass is 10.2. The maximum Gasteiger partial charge on any atom is 0.0566 e. The van der Waals surface area contributed by atoms with Crippen LogP contribution in [0, 0.1) is 0 Å². The van der Waals surface area contributed by atoms with E-state index >= 15 is 0 Å². The fraction of sp³-hybridized carbons (Fsp3) is 0.0625. The van der Waals surface area contributed by atoms with Gasteiger partial charge in [-0.05, 0) is 18.2 Å². The van der Waals surface area contributed by atoms with Crippen molar-refractivity contribution in [2.75, 3.05) is 5.43 Å². The van der Waals surface area contributed by atoms with E-state index in [1.807, 2.05) is 55.7 Å². The van der Waals surface area contributed by atoms with E-state index in [2.05, 4.69) is 33.4 Å². The maximum absolute atomic E-state index is 4.29. The molecule has 1 N–H and O–H groups in total. The third-order valence-electron chi connectivity index (χ3n) is 3.10. The molecule has 0 aliphatic rings. The summed E-state index contributed by atoms with van der Waals surface area (Å²) in [6, 6.07) is 18.2. The quantitative estimate of drug-likeness (QED) is 0.557. The minimum atomic E-state index is 0.985. The van der Waals surface area contributed by atoms with Gasteiger partial charge in [0.15, 0.2) is 0 Å². The molecule has 0 unspecified atom stereocenters. The monoisotopic (exact) mass is 249 g/mol. The highest BCUT2D eigenvalue weighted by Gasteiger charge is 2.02. The number of rotatable bonds is 3. The van der Waals surface area contributed by atoms with Crippen LogP contribution < -0.4 is 5.43 Å². The molecule has 3 rings (SSSR count). The van der Waals surface area contributed by atoms with Crippen LogP contribution >= 0.6 is 0 Å². The number of nitrogens with zero attached hydrogens (tertiary/aromatic N) is 2.